The standard InChI is InChI=1S/C13H18O4S/c1-9(14)10(2)18-8-7-17-12-5-3-11(4-6-12)13(15)16/h3-6,9-10,14H,7-8H2,1-2H3,(H,15,16). The van der Waals surface area contributed by atoms with Crippen LogP contribution < -0.4 is 4.74 Å². The van der Waals surface area contributed by atoms with Crippen LogP contribution in [-0.4, -0.2) is 39.9 Å². The van der Waals surface area contributed by atoms with Crippen LogP contribution in [0.4, 0.5) is 0 Å². The van der Waals surface area contributed by atoms with Crippen LogP contribution in [0.5, 0.6) is 5.75 Å². The van der Waals surface area contributed by atoms with Crippen LogP contribution in [0, 0.1) is 0 Å². The molecule has 0 amide bonds. The van der Waals surface area contributed by atoms with E-state index in [0.717, 1.165) is 5.75 Å². The van der Waals surface area contributed by atoms with Crippen LogP contribution in [0.1, 0.15) is 24.2 Å². The third-order valence-electron chi connectivity index (χ3n) is 2.51. The SMILES string of the molecule is CC(O)C(C)SCCOc1ccc(C(=O)O)cc1. The lowest BCUT2D eigenvalue weighted by Gasteiger charge is -2.14. The number of aliphatic hydroxyl groups excluding tert-OH is 1. The zero-order valence-electron chi connectivity index (χ0n) is 10.5. The van der Waals surface area contributed by atoms with E-state index in [1.165, 1.54) is 12.1 Å². The van der Waals surface area contributed by atoms with Crippen molar-refractivity contribution in [3.8, 4) is 5.75 Å². The third kappa shape index (κ3) is 4.98. The van der Waals surface area contributed by atoms with Crippen molar-refractivity contribution in [1.82, 2.24) is 0 Å². The van der Waals surface area contributed by atoms with Crippen LogP contribution in [-0.2, 0) is 0 Å². The zero-order chi connectivity index (χ0) is 13.5. The van der Waals surface area contributed by atoms with Crippen LogP contribution in [0.2, 0.25) is 0 Å². The number of benzene rings is 1. The van der Waals surface area contributed by atoms with E-state index in [2.05, 4.69) is 0 Å². The monoisotopic (exact) mass is 270 g/mol. The summed E-state index contributed by atoms with van der Waals surface area (Å²) in [7, 11) is 0. The maximum absolute atomic E-state index is 10.6. The second kappa shape index (κ2) is 7.28. The highest BCUT2D eigenvalue weighted by Crippen LogP contribution is 2.16. The summed E-state index contributed by atoms with van der Waals surface area (Å²) in [5, 5.41) is 18.2. The van der Waals surface area contributed by atoms with Crippen molar-refractivity contribution in [1.29, 1.82) is 0 Å². The summed E-state index contributed by atoms with van der Waals surface area (Å²) >= 11 is 1.64. The maximum atomic E-state index is 10.6. The quantitative estimate of drug-likeness (QED) is 0.744. The van der Waals surface area contributed by atoms with Crippen molar-refractivity contribution in [2.24, 2.45) is 0 Å². The number of thioether (sulfide) groups is 1. The first-order valence-corrected chi connectivity index (χ1v) is 6.81. The molecule has 0 radical (unpaired) electrons. The summed E-state index contributed by atoms with van der Waals surface area (Å²) < 4.78 is 5.48. The molecule has 1 aromatic rings. The van der Waals surface area contributed by atoms with E-state index in [0.29, 0.717) is 12.4 Å². The predicted molar refractivity (Wildman–Crippen MR) is 72.5 cm³/mol. The van der Waals surface area contributed by atoms with Gasteiger partial charge in [0.25, 0.3) is 0 Å². The molecule has 0 saturated carbocycles. The molecule has 0 saturated heterocycles. The van der Waals surface area contributed by atoms with Gasteiger partial charge in [-0.2, -0.15) is 11.8 Å². The second-order valence-electron chi connectivity index (χ2n) is 3.99. The van der Waals surface area contributed by atoms with E-state index in [9.17, 15) is 9.90 Å². The predicted octanol–water partition coefficient (Wildman–Crippen LogP) is 2.27. The summed E-state index contributed by atoms with van der Waals surface area (Å²) in [6.07, 6.45) is -0.329. The van der Waals surface area contributed by atoms with E-state index in [1.54, 1.807) is 30.8 Å². The Kier molecular flexibility index (Phi) is 6.01. The van der Waals surface area contributed by atoms with Crippen LogP contribution >= 0.6 is 11.8 Å². The Labute approximate surface area is 111 Å². The molecule has 0 heterocycles. The van der Waals surface area contributed by atoms with Gasteiger partial charge in [0.15, 0.2) is 0 Å². The number of ether oxygens (including phenoxy) is 1. The van der Waals surface area contributed by atoms with Gasteiger partial charge in [0, 0.05) is 11.0 Å². The summed E-state index contributed by atoms with van der Waals surface area (Å²) in [5.41, 5.74) is 0.249. The third-order valence-corrected chi connectivity index (χ3v) is 3.84. The highest BCUT2D eigenvalue weighted by molar-refractivity contribution is 7.99. The summed E-state index contributed by atoms with van der Waals surface area (Å²) in [6, 6.07) is 6.32. The molecule has 0 aliphatic heterocycles. The molecule has 2 N–H and O–H groups in total. The molecule has 4 nitrogen and oxygen atoms in total. The largest absolute Gasteiger partial charge is 0.493 e. The average molecular weight is 270 g/mol. The van der Waals surface area contributed by atoms with Gasteiger partial charge in [0.1, 0.15) is 5.75 Å². The number of hydrogen-bond acceptors (Lipinski definition) is 4. The van der Waals surface area contributed by atoms with Gasteiger partial charge in [-0.15, -0.1) is 0 Å². The Morgan fingerprint density at radius 3 is 2.44 bits per heavy atom. The molecule has 100 valence electrons. The van der Waals surface area contributed by atoms with Crippen molar-refractivity contribution in [3.63, 3.8) is 0 Å². The molecule has 1 aromatic carbocycles. The molecular weight excluding hydrogens is 252 g/mol. The first-order valence-electron chi connectivity index (χ1n) is 5.76. The number of aromatic carboxylic acids is 1. The van der Waals surface area contributed by atoms with E-state index < -0.39 is 5.97 Å². The minimum absolute atomic E-state index is 0.183. The fraction of sp³-hybridized carbons (Fsp3) is 0.462. The molecule has 0 aromatic heterocycles. The summed E-state index contributed by atoms with van der Waals surface area (Å²) in [6.45, 7) is 4.27. The molecular formula is C13H18O4S. The highest BCUT2D eigenvalue weighted by atomic mass is 32.2. The molecule has 0 aliphatic carbocycles. The Morgan fingerprint density at radius 1 is 1.33 bits per heavy atom. The maximum Gasteiger partial charge on any atom is 0.335 e. The first-order chi connectivity index (χ1) is 8.50. The van der Waals surface area contributed by atoms with Gasteiger partial charge < -0.3 is 14.9 Å². The number of rotatable bonds is 7. The van der Waals surface area contributed by atoms with E-state index in [4.69, 9.17) is 9.84 Å². The first kappa shape index (κ1) is 14.9. The number of carboxylic acids is 1. The van der Waals surface area contributed by atoms with Gasteiger partial charge in [-0.3, -0.25) is 0 Å². The van der Waals surface area contributed by atoms with Crippen LogP contribution in [0.3, 0.4) is 0 Å². The van der Waals surface area contributed by atoms with Crippen molar-refractivity contribution in [3.05, 3.63) is 29.8 Å². The van der Waals surface area contributed by atoms with Gasteiger partial charge in [-0.05, 0) is 31.2 Å². The zero-order valence-corrected chi connectivity index (χ0v) is 11.3. The lowest BCUT2D eigenvalue weighted by atomic mass is 10.2. The molecule has 18 heavy (non-hydrogen) atoms. The smallest absolute Gasteiger partial charge is 0.335 e. The number of aliphatic hydroxyl groups is 1. The lowest BCUT2D eigenvalue weighted by Crippen LogP contribution is -2.17. The Hall–Kier alpha value is -1.20. The van der Waals surface area contributed by atoms with E-state index in [-0.39, 0.29) is 16.9 Å². The molecule has 0 bridgehead atoms. The highest BCUT2D eigenvalue weighted by Gasteiger charge is 2.08. The second-order valence-corrected chi connectivity index (χ2v) is 5.48. The minimum Gasteiger partial charge on any atom is -0.493 e. The van der Waals surface area contributed by atoms with Gasteiger partial charge in [-0.25, -0.2) is 4.79 Å². The van der Waals surface area contributed by atoms with E-state index >= 15 is 0 Å². The summed E-state index contributed by atoms with van der Waals surface area (Å²) in [5.74, 6) is 0.500. The van der Waals surface area contributed by atoms with Crippen LogP contribution in [0.15, 0.2) is 24.3 Å². The number of carbonyl (C=O) groups is 1. The Bertz CT molecular complexity index is 375. The molecule has 2 atom stereocenters. The van der Waals surface area contributed by atoms with Crippen molar-refractivity contribution < 1.29 is 19.7 Å². The Morgan fingerprint density at radius 2 is 1.94 bits per heavy atom. The normalized spacial score (nSPS) is 13.9. The van der Waals surface area contributed by atoms with Gasteiger partial charge in [0.2, 0.25) is 0 Å². The molecule has 5 heteroatoms. The lowest BCUT2D eigenvalue weighted by molar-refractivity contribution is 0.0697. The topological polar surface area (TPSA) is 66.8 Å². The Balaban J connectivity index is 2.29. The van der Waals surface area contributed by atoms with Crippen molar-refractivity contribution in [2.45, 2.75) is 25.2 Å². The van der Waals surface area contributed by atoms with Gasteiger partial charge >= 0.3 is 5.97 Å². The molecule has 0 fully saturated rings. The van der Waals surface area contributed by atoms with E-state index in [1.807, 2.05) is 6.92 Å². The average Bonchev–Trinajstić information content (AvgIpc) is 2.34. The molecule has 0 aliphatic rings. The molecule has 1 rings (SSSR count). The number of hydrogen-bond donors (Lipinski definition) is 2. The minimum atomic E-state index is -0.942. The summed E-state index contributed by atoms with van der Waals surface area (Å²) in [4.78, 5) is 10.6. The molecule has 2 unspecified atom stereocenters. The fourth-order valence-corrected chi connectivity index (χ4v) is 2.06. The van der Waals surface area contributed by atoms with Crippen LogP contribution in [0.25, 0.3) is 0 Å². The fourth-order valence-electron chi connectivity index (χ4n) is 1.23. The van der Waals surface area contributed by atoms with Gasteiger partial charge in [0.05, 0.1) is 18.3 Å². The number of carboxylic acid groups (broad SMARTS) is 1. The van der Waals surface area contributed by atoms with Crippen molar-refractivity contribution in [2.75, 3.05) is 12.4 Å². The van der Waals surface area contributed by atoms with Crippen molar-refractivity contribution >= 4 is 17.7 Å². The van der Waals surface area contributed by atoms with Gasteiger partial charge in [-0.1, -0.05) is 6.92 Å². The molecule has 0 spiro atoms.